The minimum atomic E-state index is 0.242. The van der Waals surface area contributed by atoms with Crippen LogP contribution in [0.1, 0.15) is 20.3 Å². The molecule has 0 bridgehead atoms. The van der Waals surface area contributed by atoms with Crippen LogP contribution in [-0.2, 0) is 4.74 Å². The van der Waals surface area contributed by atoms with Crippen molar-refractivity contribution in [3.8, 4) is 0 Å². The van der Waals surface area contributed by atoms with Gasteiger partial charge in [0, 0.05) is 26.0 Å². The molecule has 1 aromatic rings. The summed E-state index contributed by atoms with van der Waals surface area (Å²) in [5.74, 6) is 1.30. The van der Waals surface area contributed by atoms with Gasteiger partial charge in [-0.1, -0.05) is 13.8 Å². The molecule has 17 heavy (non-hydrogen) atoms. The Labute approximate surface area is 115 Å². The van der Waals surface area contributed by atoms with Crippen molar-refractivity contribution in [1.29, 1.82) is 0 Å². The van der Waals surface area contributed by atoms with Gasteiger partial charge in [-0.2, -0.15) is 4.98 Å². The van der Waals surface area contributed by atoms with E-state index >= 15 is 0 Å². The average Bonchev–Trinajstić information content (AvgIpc) is 2.27. The van der Waals surface area contributed by atoms with Crippen LogP contribution in [0.5, 0.6) is 0 Å². The second-order valence-corrected chi connectivity index (χ2v) is 5.28. The molecule has 0 aliphatic heterocycles. The zero-order chi connectivity index (χ0) is 12.7. The zero-order valence-electron chi connectivity index (χ0n) is 10.0. The van der Waals surface area contributed by atoms with Gasteiger partial charge in [0.15, 0.2) is 0 Å². The standard InChI is InChI=1S/C11H17BrClN3O/c1-8(2)7-17-5-3-4-14-10-9(12)6-15-11(13)16-10/h6,8H,3-5,7H2,1-2H3,(H,14,15,16). The summed E-state index contributed by atoms with van der Waals surface area (Å²) in [7, 11) is 0. The molecule has 0 atom stereocenters. The van der Waals surface area contributed by atoms with Crippen LogP contribution in [0.2, 0.25) is 5.28 Å². The Morgan fingerprint density at radius 1 is 1.53 bits per heavy atom. The molecular weight excluding hydrogens is 305 g/mol. The van der Waals surface area contributed by atoms with Crippen molar-refractivity contribution in [2.24, 2.45) is 5.92 Å². The Morgan fingerprint density at radius 3 is 3.00 bits per heavy atom. The van der Waals surface area contributed by atoms with Gasteiger partial charge in [0.1, 0.15) is 5.82 Å². The number of hydrogen-bond donors (Lipinski definition) is 1. The third-order valence-electron chi connectivity index (χ3n) is 1.92. The number of anilines is 1. The number of rotatable bonds is 7. The highest BCUT2D eigenvalue weighted by atomic mass is 79.9. The number of nitrogens with zero attached hydrogens (tertiary/aromatic N) is 2. The van der Waals surface area contributed by atoms with Gasteiger partial charge >= 0.3 is 0 Å². The molecule has 1 heterocycles. The second-order valence-electron chi connectivity index (χ2n) is 4.08. The molecule has 96 valence electrons. The van der Waals surface area contributed by atoms with Crippen molar-refractivity contribution in [3.63, 3.8) is 0 Å². The van der Waals surface area contributed by atoms with E-state index in [9.17, 15) is 0 Å². The maximum atomic E-state index is 5.71. The monoisotopic (exact) mass is 321 g/mol. The molecule has 0 unspecified atom stereocenters. The Kier molecular flexibility index (Phi) is 6.77. The number of halogens is 2. The zero-order valence-corrected chi connectivity index (χ0v) is 12.4. The van der Waals surface area contributed by atoms with E-state index in [4.69, 9.17) is 16.3 Å². The summed E-state index contributed by atoms with van der Waals surface area (Å²) in [6, 6.07) is 0. The van der Waals surface area contributed by atoms with Crippen LogP contribution in [0.4, 0.5) is 5.82 Å². The lowest BCUT2D eigenvalue weighted by atomic mass is 10.2. The van der Waals surface area contributed by atoms with E-state index < -0.39 is 0 Å². The van der Waals surface area contributed by atoms with Gasteiger partial charge in [-0.05, 0) is 39.9 Å². The number of aromatic nitrogens is 2. The van der Waals surface area contributed by atoms with E-state index in [-0.39, 0.29) is 5.28 Å². The maximum Gasteiger partial charge on any atom is 0.224 e. The molecule has 0 spiro atoms. The molecular formula is C11H17BrClN3O. The van der Waals surface area contributed by atoms with Crippen LogP contribution in [0, 0.1) is 5.92 Å². The third kappa shape index (κ3) is 6.19. The minimum Gasteiger partial charge on any atom is -0.381 e. The lowest BCUT2D eigenvalue weighted by Crippen LogP contribution is -2.09. The minimum absolute atomic E-state index is 0.242. The van der Waals surface area contributed by atoms with Crippen LogP contribution >= 0.6 is 27.5 Å². The molecule has 0 fully saturated rings. The molecule has 0 aromatic carbocycles. The van der Waals surface area contributed by atoms with Crippen molar-refractivity contribution in [3.05, 3.63) is 16.0 Å². The number of hydrogen-bond acceptors (Lipinski definition) is 4. The topological polar surface area (TPSA) is 47.0 Å². The normalized spacial score (nSPS) is 10.9. The highest BCUT2D eigenvalue weighted by molar-refractivity contribution is 9.10. The smallest absolute Gasteiger partial charge is 0.224 e. The van der Waals surface area contributed by atoms with Crippen molar-refractivity contribution < 1.29 is 4.74 Å². The molecule has 4 nitrogen and oxygen atoms in total. The van der Waals surface area contributed by atoms with E-state index in [2.05, 4.69) is 45.1 Å². The van der Waals surface area contributed by atoms with Crippen molar-refractivity contribution in [1.82, 2.24) is 9.97 Å². The van der Waals surface area contributed by atoms with Crippen molar-refractivity contribution in [2.45, 2.75) is 20.3 Å². The molecule has 0 aliphatic rings. The van der Waals surface area contributed by atoms with Crippen LogP contribution in [-0.4, -0.2) is 29.7 Å². The summed E-state index contributed by atoms with van der Waals surface area (Å²) in [6.45, 7) is 6.63. The summed E-state index contributed by atoms with van der Waals surface area (Å²) >= 11 is 9.06. The number of nitrogens with one attached hydrogen (secondary N) is 1. The number of ether oxygens (including phenoxy) is 1. The summed E-state index contributed by atoms with van der Waals surface area (Å²) in [5, 5.41) is 3.42. The van der Waals surface area contributed by atoms with E-state index in [1.165, 1.54) is 0 Å². The quantitative estimate of drug-likeness (QED) is 0.617. The second kappa shape index (κ2) is 7.84. The Bertz CT molecular complexity index is 349. The van der Waals surface area contributed by atoms with Gasteiger partial charge in [-0.3, -0.25) is 0 Å². The highest BCUT2D eigenvalue weighted by Gasteiger charge is 2.02. The van der Waals surface area contributed by atoms with E-state index in [0.717, 1.165) is 30.7 Å². The summed E-state index contributed by atoms with van der Waals surface area (Å²) in [4.78, 5) is 7.93. The van der Waals surface area contributed by atoms with Crippen LogP contribution in [0.15, 0.2) is 10.7 Å². The van der Waals surface area contributed by atoms with Crippen LogP contribution in [0.3, 0.4) is 0 Å². The van der Waals surface area contributed by atoms with Gasteiger partial charge < -0.3 is 10.1 Å². The van der Waals surface area contributed by atoms with Crippen LogP contribution in [0.25, 0.3) is 0 Å². The molecule has 0 saturated carbocycles. The first-order chi connectivity index (χ1) is 8.09. The predicted molar refractivity (Wildman–Crippen MR) is 73.5 cm³/mol. The third-order valence-corrected chi connectivity index (χ3v) is 2.69. The molecule has 0 saturated heterocycles. The summed E-state index contributed by atoms with van der Waals surface area (Å²) < 4.78 is 6.29. The van der Waals surface area contributed by atoms with Gasteiger partial charge in [0.2, 0.25) is 5.28 Å². The fourth-order valence-electron chi connectivity index (χ4n) is 1.17. The average molecular weight is 323 g/mol. The van der Waals surface area contributed by atoms with Crippen molar-refractivity contribution in [2.75, 3.05) is 25.1 Å². The van der Waals surface area contributed by atoms with Gasteiger partial charge in [-0.15, -0.1) is 0 Å². The largest absolute Gasteiger partial charge is 0.381 e. The molecule has 1 N–H and O–H groups in total. The first-order valence-electron chi connectivity index (χ1n) is 5.59. The van der Waals surface area contributed by atoms with E-state index in [1.807, 2.05) is 0 Å². The summed E-state index contributed by atoms with van der Waals surface area (Å²) in [6.07, 6.45) is 2.56. The van der Waals surface area contributed by atoms with Gasteiger partial charge in [-0.25, -0.2) is 4.98 Å². The van der Waals surface area contributed by atoms with E-state index in [0.29, 0.717) is 11.7 Å². The van der Waals surface area contributed by atoms with Crippen LogP contribution < -0.4 is 5.32 Å². The molecule has 1 rings (SSSR count). The lowest BCUT2D eigenvalue weighted by molar-refractivity contribution is 0.110. The summed E-state index contributed by atoms with van der Waals surface area (Å²) in [5.41, 5.74) is 0. The lowest BCUT2D eigenvalue weighted by Gasteiger charge is -2.09. The molecule has 0 amide bonds. The fraction of sp³-hybridized carbons (Fsp3) is 0.636. The molecule has 6 heteroatoms. The van der Waals surface area contributed by atoms with Gasteiger partial charge in [0.05, 0.1) is 4.47 Å². The molecule has 0 aliphatic carbocycles. The Balaban J connectivity index is 2.20. The Morgan fingerprint density at radius 2 is 2.29 bits per heavy atom. The highest BCUT2D eigenvalue weighted by Crippen LogP contribution is 2.19. The maximum absolute atomic E-state index is 5.71. The van der Waals surface area contributed by atoms with E-state index in [1.54, 1.807) is 6.20 Å². The first-order valence-corrected chi connectivity index (χ1v) is 6.76. The SMILES string of the molecule is CC(C)COCCCNc1nc(Cl)ncc1Br. The molecule has 0 radical (unpaired) electrons. The van der Waals surface area contributed by atoms with Gasteiger partial charge in [0.25, 0.3) is 0 Å². The fourth-order valence-corrected chi connectivity index (χ4v) is 1.63. The molecule has 1 aromatic heterocycles. The van der Waals surface area contributed by atoms with Crippen molar-refractivity contribution >= 4 is 33.3 Å². The first kappa shape index (κ1) is 14.7. The Hall–Kier alpha value is -0.390. The predicted octanol–water partition coefficient (Wildman–Crippen LogP) is 3.37.